The van der Waals surface area contributed by atoms with E-state index in [1.54, 1.807) is 20.1 Å². The van der Waals surface area contributed by atoms with Crippen molar-refractivity contribution in [1.29, 1.82) is 0 Å². The third-order valence-corrected chi connectivity index (χ3v) is 3.12. The van der Waals surface area contributed by atoms with Crippen LogP contribution in [0.25, 0.3) is 0 Å². The van der Waals surface area contributed by atoms with Gasteiger partial charge >= 0.3 is 0 Å². The largest absolute Gasteiger partial charge is 0.497 e. The molecule has 2 aromatic carbocycles. The summed E-state index contributed by atoms with van der Waals surface area (Å²) in [5.74, 6) is 1.64. The van der Waals surface area contributed by atoms with Crippen LogP contribution in [0.1, 0.15) is 28.4 Å². The van der Waals surface area contributed by atoms with E-state index in [4.69, 9.17) is 9.47 Å². The van der Waals surface area contributed by atoms with Crippen molar-refractivity contribution in [3.8, 4) is 11.5 Å². The second-order valence-corrected chi connectivity index (χ2v) is 4.67. The van der Waals surface area contributed by atoms with Crippen LogP contribution in [-0.4, -0.2) is 12.9 Å². The SMILES string of the molecule is COc1cccc(COc2ccc(C(C)=O)c(C)c2)c1. The van der Waals surface area contributed by atoms with Crippen LogP contribution in [0.5, 0.6) is 11.5 Å². The average molecular weight is 270 g/mol. The van der Waals surface area contributed by atoms with Crippen molar-refractivity contribution >= 4 is 5.78 Å². The Balaban J connectivity index is 2.07. The molecule has 0 saturated carbocycles. The van der Waals surface area contributed by atoms with Crippen molar-refractivity contribution in [1.82, 2.24) is 0 Å². The molecule has 0 aromatic heterocycles. The van der Waals surface area contributed by atoms with Gasteiger partial charge in [-0.25, -0.2) is 0 Å². The van der Waals surface area contributed by atoms with Gasteiger partial charge in [0.15, 0.2) is 5.78 Å². The average Bonchev–Trinajstić information content (AvgIpc) is 2.45. The summed E-state index contributed by atoms with van der Waals surface area (Å²) in [6.45, 7) is 3.95. The lowest BCUT2D eigenvalue weighted by molar-refractivity contribution is 0.101. The summed E-state index contributed by atoms with van der Waals surface area (Å²) in [4.78, 5) is 11.4. The third kappa shape index (κ3) is 3.38. The van der Waals surface area contributed by atoms with Gasteiger partial charge in [-0.2, -0.15) is 0 Å². The van der Waals surface area contributed by atoms with E-state index in [-0.39, 0.29) is 5.78 Å². The maximum absolute atomic E-state index is 11.4. The maximum atomic E-state index is 11.4. The molecular formula is C17H18O3. The summed E-state index contributed by atoms with van der Waals surface area (Å²) < 4.78 is 10.9. The van der Waals surface area contributed by atoms with E-state index in [0.29, 0.717) is 6.61 Å². The van der Waals surface area contributed by atoms with Crippen LogP contribution < -0.4 is 9.47 Å². The molecule has 0 N–H and O–H groups in total. The molecule has 0 radical (unpaired) electrons. The Morgan fingerprint density at radius 2 is 1.90 bits per heavy atom. The van der Waals surface area contributed by atoms with Gasteiger partial charge in [0.05, 0.1) is 7.11 Å². The highest BCUT2D eigenvalue weighted by molar-refractivity contribution is 5.95. The highest BCUT2D eigenvalue weighted by Crippen LogP contribution is 2.20. The number of hydrogen-bond donors (Lipinski definition) is 0. The fourth-order valence-electron chi connectivity index (χ4n) is 2.05. The summed E-state index contributed by atoms with van der Waals surface area (Å²) in [5, 5.41) is 0. The molecule has 0 heterocycles. The number of benzene rings is 2. The van der Waals surface area contributed by atoms with Gasteiger partial charge in [0.1, 0.15) is 18.1 Å². The zero-order valence-electron chi connectivity index (χ0n) is 12.0. The summed E-state index contributed by atoms with van der Waals surface area (Å²) >= 11 is 0. The van der Waals surface area contributed by atoms with Gasteiger partial charge in [-0.15, -0.1) is 0 Å². The molecule has 0 fully saturated rings. The molecule has 0 unspecified atom stereocenters. The van der Waals surface area contributed by atoms with Gasteiger partial charge in [0.2, 0.25) is 0 Å². The standard InChI is InChI=1S/C17H18O3/c1-12-9-16(7-8-17(12)13(2)18)20-11-14-5-4-6-15(10-14)19-3/h4-10H,11H2,1-3H3. The molecule has 0 aliphatic carbocycles. The van der Waals surface area contributed by atoms with Gasteiger partial charge in [-0.1, -0.05) is 12.1 Å². The Bertz CT molecular complexity index is 617. The first-order valence-corrected chi connectivity index (χ1v) is 6.47. The number of hydrogen-bond acceptors (Lipinski definition) is 3. The molecule has 0 amide bonds. The molecular weight excluding hydrogens is 252 g/mol. The molecule has 104 valence electrons. The summed E-state index contributed by atoms with van der Waals surface area (Å²) in [7, 11) is 1.64. The lowest BCUT2D eigenvalue weighted by atomic mass is 10.1. The summed E-state index contributed by atoms with van der Waals surface area (Å²) in [5.41, 5.74) is 2.71. The van der Waals surface area contributed by atoms with Crippen molar-refractivity contribution in [2.45, 2.75) is 20.5 Å². The number of methoxy groups -OCH3 is 1. The molecule has 0 aliphatic rings. The number of aryl methyl sites for hydroxylation is 1. The minimum absolute atomic E-state index is 0.0712. The van der Waals surface area contributed by atoms with Gasteiger partial charge in [0.25, 0.3) is 0 Å². The Kier molecular flexibility index (Phi) is 4.41. The maximum Gasteiger partial charge on any atom is 0.160 e. The minimum atomic E-state index is 0.0712. The fraction of sp³-hybridized carbons (Fsp3) is 0.235. The number of ether oxygens (including phenoxy) is 2. The summed E-state index contributed by atoms with van der Waals surface area (Å²) in [6.07, 6.45) is 0. The van der Waals surface area contributed by atoms with E-state index in [1.165, 1.54) is 0 Å². The Hall–Kier alpha value is -2.29. The number of ketones is 1. The Labute approximate surface area is 119 Å². The van der Waals surface area contributed by atoms with E-state index in [1.807, 2.05) is 43.3 Å². The number of Topliss-reactive ketones (excluding diaryl/α,β-unsaturated/α-hetero) is 1. The van der Waals surface area contributed by atoms with E-state index in [0.717, 1.165) is 28.2 Å². The van der Waals surface area contributed by atoms with Crippen LogP contribution in [0.2, 0.25) is 0 Å². The van der Waals surface area contributed by atoms with E-state index < -0.39 is 0 Å². The van der Waals surface area contributed by atoms with Gasteiger partial charge < -0.3 is 9.47 Å². The highest BCUT2D eigenvalue weighted by atomic mass is 16.5. The van der Waals surface area contributed by atoms with E-state index >= 15 is 0 Å². The van der Waals surface area contributed by atoms with Crippen LogP contribution >= 0.6 is 0 Å². The van der Waals surface area contributed by atoms with Crippen molar-refractivity contribution in [2.75, 3.05) is 7.11 Å². The quantitative estimate of drug-likeness (QED) is 0.775. The molecule has 0 atom stereocenters. The zero-order valence-corrected chi connectivity index (χ0v) is 12.0. The predicted molar refractivity (Wildman–Crippen MR) is 78.5 cm³/mol. The molecule has 0 saturated heterocycles. The van der Waals surface area contributed by atoms with E-state index in [9.17, 15) is 4.79 Å². The Morgan fingerprint density at radius 1 is 1.10 bits per heavy atom. The van der Waals surface area contributed by atoms with Gasteiger partial charge in [0, 0.05) is 5.56 Å². The fourth-order valence-corrected chi connectivity index (χ4v) is 2.05. The van der Waals surface area contributed by atoms with Crippen LogP contribution in [0.3, 0.4) is 0 Å². The van der Waals surface area contributed by atoms with Crippen LogP contribution in [0, 0.1) is 6.92 Å². The van der Waals surface area contributed by atoms with Crippen LogP contribution in [0.15, 0.2) is 42.5 Å². The predicted octanol–water partition coefficient (Wildman–Crippen LogP) is 3.79. The molecule has 0 bridgehead atoms. The van der Waals surface area contributed by atoms with Gasteiger partial charge in [-0.3, -0.25) is 4.79 Å². The third-order valence-electron chi connectivity index (χ3n) is 3.12. The van der Waals surface area contributed by atoms with Crippen molar-refractivity contribution < 1.29 is 14.3 Å². The molecule has 3 nitrogen and oxygen atoms in total. The zero-order chi connectivity index (χ0) is 14.5. The highest BCUT2D eigenvalue weighted by Gasteiger charge is 2.05. The molecule has 2 aromatic rings. The topological polar surface area (TPSA) is 35.5 Å². The number of carbonyl (C=O) groups is 1. The smallest absolute Gasteiger partial charge is 0.160 e. The second-order valence-electron chi connectivity index (χ2n) is 4.67. The van der Waals surface area contributed by atoms with E-state index in [2.05, 4.69) is 0 Å². The molecule has 2 rings (SSSR count). The Morgan fingerprint density at radius 3 is 2.55 bits per heavy atom. The number of rotatable bonds is 5. The molecule has 3 heteroatoms. The normalized spacial score (nSPS) is 10.2. The number of carbonyl (C=O) groups excluding carboxylic acids is 1. The first kappa shape index (κ1) is 14.1. The monoisotopic (exact) mass is 270 g/mol. The lowest BCUT2D eigenvalue weighted by Gasteiger charge is -2.09. The lowest BCUT2D eigenvalue weighted by Crippen LogP contribution is -1.99. The van der Waals surface area contributed by atoms with Crippen molar-refractivity contribution in [3.63, 3.8) is 0 Å². The summed E-state index contributed by atoms with van der Waals surface area (Å²) in [6, 6.07) is 13.3. The van der Waals surface area contributed by atoms with Crippen LogP contribution in [-0.2, 0) is 6.61 Å². The first-order chi connectivity index (χ1) is 9.60. The molecule has 0 aliphatic heterocycles. The second kappa shape index (κ2) is 6.24. The molecule has 0 spiro atoms. The molecule has 20 heavy (non-hydrogen) atoms. The van der Waals surface area contributed by atoms with Crippen molar-refractivity contribution in [2.24, 2.45) is 0 Å². The minimum Gasteiger partial charge on any atom is -0.497 e. The van der Waals surface area contributed by atoms with Gasteiger partial charge in [-0.05, 0) is 55.3 Å². The van der Waals surface area contributed by atoms with Crippen molar-refractivity contribution in [3.05, 3.63) is 59.2 Å². The van der Waals surface area contributed by atoms with Crippen LogP contribution in [0.4, 0.5) is 0 Å². The first-order valence-electron chi connectivity index (χ1n) is 6.47.